The quantitative estimate of drug-likeness (QED) is 0.827. The highest BCUT2D eigenvalue weighted by atomic mass is 35.5. The van der Waals surface area contributed by atoms with Gasteiger partial charge in [-0.25, -0.2) is 12.8 Å². The minimum atomic E-state index is -3.72. The average Bonchev–Trinajstić information content (AvgIpc) is 2.18. The molecule has 0 bridgehead atoms. The number of alkyl halides is 1. The van der Waals surface area contributed by atoms with Crippen LogP contribution in [0.25, 0.3) is 0 Å². The summed E-state index contributed by atoms with van der Waals surface area (Å²) in [6.45, 7) is 0. The van der Waals surface area contributed by atoms with Gasteiger partial charge >= 0.3 is 0 Å². The zero-order chi connectivity index (χ0) is 11.5. The Kier molecular flexibility index (Phi) is 3.50. The molecular formula is C8H6ClFN2O2S. The molecule has 0 fully saturated rings. The largest absolute Gasteiger partial charge is 0.281 e. The molecule has 0 saturated carbocycles. The average molecular weight is 249 g/mol. The van der Waals surface area contributed by atoms with Crippen LogP contribution in [-0.2, 0) is 10.0 Å². The first kappa shape index (κ1) is 11.8. The van der Waals surface area contributed by atoms with Crippen molar-refractivity contribution in [2.75, 3.05) is 9.93 Å². The fourth-order valence-electron chi connectivity index (χ4n) is 0.918. The Hall–Kier alpha value is -1.32. The molecule has 0 aromatic heterocycles. The maximum atomic E-state index is 13.0. The molecule has 0 radical (unpaired) electrons. The Morgan fingerprint density at radius 3 is 2.73 bits per heavy atom. The number of benzene rings is 1. The van der Waals surface area contributed by atoms with E-state index in [0.717, 1.165) is 6.07 Å². The van der Waals surface area contributed by atoms with Gasteiger partial charge in [0.1, 0.15) is 22.7 Å². The molecule has 0 atom stereocenters. The van der Waals surface area contributed by atoms with Gasteiger partial charge in [-0.15, -0.1) is 11.6 Å². The maximum Gasteiger partial charge on any atom is 0.246 e. The van der Waals surface area contributed by atoms with Crippen molar-refractivity contribution in [3.05, 3.63) is 29.6 Å². The summed E-state index contributed by atoms with van der Waals surface area (Å²) in [5.41, 5.74) is -0.468. The Labute approximate surface area is 91.3 Å². The predicted octanol–water partition coefficient (Wildman–Crippen LogP) is 1.64. The summed E-state index contributed by atoms with van der Waals surface area (Å²) < 4.78 is 37.2. The van der Waals surface area contributed by atoms with Gasteiger partial charge in [-0.2, -0.15) is 5.26 Å². The Bertz CT molecular complexity index is 510. The lowest BCUT2D eigenvalue weighted by molar-refractivity contribution is 0.605. The standard InChI is InChI=1S/C8H6ClFN2O2S/c9-5-15(13,14)12-8-3-1-2-7(10)6(8)4-11/h1-3,12H,5H2. The van der Waals surface area contributed by atoms with Gasteiger partial charge in [0.15, 0.2) is 0 Å². The van der Waals surface area contributed by atoms with Crippen LogP contribution in [0.1, 0.15) is 5.56 Å². The number of hydrogen-bond donors (Lipinski definition) is 1. The fourth-order valence-corrected chi connectivity index (χ4v) is 1.64. The third-order valence-corrected chi connectivity index (χ3v) is 3.21. The van der Waals surface area contributed by atoms with Crippen LogP contribution >= 0.6 is 11.6 Å². The van der Waals surface area contributed by atoms with Gasteiger partial charge in [0, 0.05) is 0 Å². The molecule has 15 heavy (non-hydrogen) atoms. The highest BCUT2D eigenvalue weighted by molar-refractivity contribution is 7.93. The molecule has 0 amide bonds. The third-order valence-electron chi connectivity index (χ3n) is 1.53. The zero-order valence-electron chi connectivity index (χ0n) is 7.37. The van der Waals surface area contributed by atoms with Gasteiger partial charge in [-0.05, 0) is 12.1 Å². The minimum Gasteiger partial charge on any atom is -0.281 e. The van der Waals surface area contributed by atoms with Crippen molar-refractivity contribution in [2.24, 2.45) is 0 Å². The zero-order valence-corrected chi connectivity index (χ0v) is 8.94. The van der Waals surface area contributed by atoms with E-state index in [1.165, 1.54) is 12.1 Å². The molecule has 1 aromatic carbocycles. The van der Waals surface area contributed by atoms with Crippen LogP contribution in [0.15, 0.2) is 18.2 Å². The van der Waals surface area contributed by atoms with Crippen LogP contribution in [0.4, 0.5) is 10.1 Å². The van der Waals surface area contributed by atoms with Crippen molar-refractivity contribution in [3.8, 4) is 6.07 Å². The molecule has 1 N–H and O–H groups in total. The van der Waals surface area contributed by atoms with Gasteiger partial charge in [-0.1, -0.05) is 6.07 Å². The highest BCUT2D eigenvalue weighted by Gasteiger charge is 2.13. The smallest absolute Gasteiger partial charge is 0.246 e. The molecular weight excluding hydrogens is 243 g/mol. The van der Waals surface area contributed by atoms with E-state index in [1.807, 2.05) is 4.72 Å². The van der Waals surface area contributed by atoms with E-state index in [9.17, 15) is 12.8 Å². The molecule has 0 saturated heterocycles. The molecule has 0 aliphatic carbocycles. The van der Waals surface area contributed by atoms with E-state index < -0.39 is 21.1 Å². The monoisotopic (exact) mass is 248 g/mol. The molecule has 1 aromatic rings. The molecule has 0 aliphatic heterocycles. The van der Waals surface area contributed by atoms with Crippen molar-refractivity contribution < 1.29 is 12.8 Å². The van der Waals surface area contributed by atoms with E-state index in [2.05, 4.69) is 0 Å². The second kappa shape index (κ2) is 4.47. The van der Waals surface area contributed by atoms with E-state index in [4.69, 9.17) is 16.9 Å². The Morgan fingerprint density at radius 2 is 2.20 bits per heavy atom. The van der Waals surface area contributed by atoms with Crippen molar-refractivity contribution in [2.45, 2.75) is 0 Å². The van der Waals surface area contributed by atoms with Crippen LogP contribution < -0.4 is 4.72 Å². The number of sulfonamides is 1. The molecule has 0 spiro atoms. The van der Waals surface area contributed by atoms with Crippen LogP contribution in [0, 0.1) is 17.1 Å². The number of rotatable bonds is 3. The summed E-state index contributed by atoms with van der Waals surface area (Å²) in [6, 6.07) is 5.21. The number of hydrogen-bond acceptors (Lipinski definition) is 3. The molecule has 0 aliphatic rings. The van der Waals surface area contributed by atoms with Gasteiger partial charge in [-0.3, -0.25) is 4.72 Å². The van der Waals surface area contributed by atoms with E-state index in [-0.39, 0.29) is 11.3 Å². The van der Waals surface area contributed by atoms with Gasteiger partial charge < -0.3 is 0 Å². The molecule has 0 unspecified atom stereocenters. The lowest BCUT2D eigenvalue weighted by Crippen LogP contribution is -2.14. The molecule has 80 valence electrons. The Balaban J connectivity index is 3.18. The number of anilines is 1. The van der Waals surface area contributed by atoms with E-state index >= 15 is 0 Å². The molecule has 7 heteroatoms. The molecule has 1 rings (SSSR count). The van der Waals surface area contributed by atoms with Crippen LogP contribution in [0.3, 0.4) is 0 Å². The fraction of sp³-hybridized carbons (Fsp3) is 0.125. The van der Waals surface area contributed by atoms with Gasteiger partial charge in [0.05, 0.1) is 5.69 Å². The summed E-state index contributed by atoms with van der Waals surface area (Å²) >= 11 is 5.15. The first-order valence-corrected chi connectivity index (χ1v) is 5.94. The van der Waals surface area contributed by atoms with Crippen LogP contribution in [0.5, 0.6) is 0 Å². The summed E-state index contributed by atoms with van der Waals surface area (Å²) in [5.74, 6) is -0.785. The number of nitriles is 1. The van der Waals surface area contributed by atoms with Crippen LogP contribution in [-0.4, -0.2) is 13.6 Å². The summed E-state index contributed by atoms with van der Waals surface area (Å²) in [4.78, 5) is 0. The van der Waals surface area contributed by atoms with Crippen molar-refractivity contribution in [3.63, 3.8) is 0 Å². The second-order valence-electron chi connectivity index (χ2n) is 2.60. The van der Waals surface area contributed by atoms with Gasteiger partial charge in [0.25, 0.3) is 0 Å². The number of nitrogens with zero attached hydrogens (tertiary/aromatic N) is 1. The lowest BCUT2D eigenvalue weighted by atomic mass is 10.2. The first-order chi connectivity index (χ1) is 7.00. The maximum absolute atomic E-state index is 13.0. The van der Waals surface area contributed by atoms with Crippen molar-refractivity contribution >= 4 is 27.3 Å². The van der Waals surface area contributed by atoms with Gasteiger partial charge in [0.2, 0.25) is 10.0 Å². The van der Waals surface area contributed by atoms with Crippen molar-refractivity contribution in [1.82, 2.24) is 0 Å². The summed E-state index contributed by atoms with van der Waals surface area (Å²) in [6.07, 6.45) is 0. The third kappa shape index (κ3) is 2.81. The highest BCUT2D eigenvalue weighted by Crippen LogP contribution is 2.19. The number of nitrogens with one attached hydrogen (secondary N) is 1. The van der Waals surface area contributed by atoms with E-state index in [0.29, 0.717) is 0 Å². The second-order valence-corrected chi connectivity index (χ2v) is 4.91. The van der Waals surface area contributed by atoms with Crippen LogP contribution in [0.2, 0.25) is 0 Å². The summed E-state index contributed by atoms with van der Waals surface area (Å²) in [7, 11) is -3.72. The predicted molar refractivity (Wildman–Crippen MR) is 54.4 cm³/mol. The summed E-state index contributed by atoms with van der Waals surface area (Å²) in [5, 5.41) is 7.95. The molecule has 4 nitrogen and oxygen atoms in total. The van der Waals surface area contributed by atoms with Crippen molar-refractivity contribution in [1.29, 1.82) is 5.26 Å². The topological polar surface area (TPSA) is 70.0 Å². The minimum absolute atomic E-state index is 0.113. The normalized spacial score (nSPS) is 10.7. The first-order valence-electron chi connectivity index (χ1n) is 3.75. The lowest BCUT2D eigenvalue weighted by Gasteiger charge is -2.06. The number of halogens is 2. The molecule has 0 heterocycles. The SMILES string of the molecule is N#Cc1c(F)cccc1NS(=O)(=O)CCl. The van der Waals surface area contributed by atoms with E-state index in [1.54, 1.807) is 6.07 Å². The Morgan fingerprint density at radius 1 is 1.53 bits per heavy atom.